The van der Waals surface area contributed by atoms with Crippen LogP contribution in [0.1, 0.15) is 34.6 Å². The van der Waals surface area contributed by atoms with Crippen molar-refractivity contribution in [3.8, 4) is 0 Å². The summed E-state index contributed by atoms with van der Waals surface area (Å²) in [5, 5.41) is 11.6. The molecule has 0 spiro atoms. The first kappa shape index (κ1) is 22.0. The van der Waals surface area contributed by atoms with Crippen LogP contribution < -0.4 is 0 Å². The molecular formula is C20H32O6Si. The maximum absolute atomic E-state index is 12.6. The van der Waals surface area contributed by atoms with Gasteiger partial charge in [0.05, 0.1) is 19.3 Å². The monoisotopic (exact) mass is 396 g/mol. The van der Waals surface area contributed by atoms with Crippen molar-refractivity contribution in [2.45, 2.75) is 70.6 Å². The van der Waals surface area contributed by atoms with Crippen molar-refractivity contribution >= 4 is 20.6 Å². The van der Waals surface area contributed by atoms with E-state index < -0.39 is 38.0 Å². The van der Waals surface area contributed by atoms with Gasteiger partial charge in [-0.1, -0.05) is 26.8 Å². The molecule has 7 heteroatoms. The third-order valence-corrected chi connectivity index (χ3v) is 10.5. The second kappa shape index (κ2) is 7.62. The topological polar surface area (TPSA) is 82.1 Å². The van der Waals surface area contributed by atoms with Gasteiger partial charge in [-0.05, 0) is 49.2 Å². The van der Waals surface area contributed by atoms with Gasteiger partial charge < -0.3 is 19.0 Å². The van der Waals surface area contributed by atoms with E-state index in [9.17, 15) is 14.7 Å². The van der Waals surface area contributed by atoms with Gasteiger partial charge in [0.15, 0.2) is 8.32 Å². The Labute approximate surface area is 162 Å². The Kier molecular flexibility index (Phi) is 6.21. The molecule has 0 aromatic heterocycles. The van der Waals surface area contributed by atoms with E-state index in [1.807, 2.05) is 6.92 Å². The van der Waals surface area contributed by atoms with Crippen LogP contribution in [-0.2, 0) is 23.5 Å². The van der Waals surface area contributed by atoms with E-state index in [1.54, 1.807) is 13.0 Å². The molecule has 0 bridgehead atoms. The highest BCUT2D eigenvalue weighted by atomic mass is 28.4. The third-order valence-electron chi connectivity index (χ3n) is 6.03. The molecule has 1 aliphatic carbocycles. The van der Waals surface area contributed by atoms with Gasteiger partial charge >= 0.3 is 5.97 Å². The Morgan fingerprint density at radius 2 is 2.07 bits per heavy atom. The fraction of sp³-hybridized carbons (Fsp3) is 0.700. The predicted octanol–water partition coefficient (Wildman–Crippen LogP) is 2.77. The molecule has 1 heterocycles. The summed E-state index contributed by atoms with van der Waals surface area (Å²) in [5.41, 5.74) is -0.437. The van der Waals surface area contributed by atoms with Gasteiger partial charge in [-0.3, -0.25) is 9.59 Å². The Bertz CT molecular complexity index is 660. The van der Waals surface area contributed by atoms with E-state index in [-0.39, 0.29) is 18.3 Å². The lowest BCUT2D eigenvalue weighted by molar-refractivity contribution is -0.162. The van der Waals surface area contributed by atoms with Gasteiger partial charge in [0, 0.05) is 0 Å². The minimum atomic E-state index is -2.17. The van der Waals surface area contributed by atoms with Gasteiger partial charge in [-0.15, -0.1) is 0 Å². The highest BCUT2D eigenvalue weighted by molar-refractivity contribution is 6.74. The van der Waals surface area contributed by atoms with Crippen LogP contribution in [0.15, 0.2) is 23.3 Å². The normalized spacial score (nSPS) is 32.8. The number of esters is 1. The van der Waals surface area contributed by atoms with Crippen LogP contribution in [0.4, 0.5) is 0 Å². The van der Waals surface area contributed by atoms with Gasteiger partial charge in [0.1, 0.15) is 23.9 Å². The van der Waals surface area contributed by atoms with Crippen LogP contribution in [0.3, 0.4) is 0 Å². The number of hydrogen-bond acceptors (Lipinski definition) is 6. The molecule has 1 fully saturated rings. The molecule has 1 aliphatic heterocycles. The van der Waals surface area contributed by atoms with Crippen molar-refractivity contribution in [1.29, 1.82) is 0 Å². The van der Waals surface area contributed by atoms with E-state index in [2.05, 4.69) is 33.9 Å². The molecule has 1 saturated heterocycles. The number of fused-ring (bicyclic) bond motifs is 1. The van der Waals surface area contributed by atoms with Crippen molar-refractivity contribution in [1.82, 2.24) is 0 Å². The number of rotatable bonds is 5. The van der Waals surface area contributed by atoms with Crippen molar-refractivity contribution in [3.05, 3.63) is 23.3 Å². The number of carbonyl (C=O) groups is 2. The van der Waals surface area contributed by atoms with Crippen LogP contribution in [-0.4, -0.2) is 56.7 Å². The number of allylic oxidation sites excluding steroid dienone is 1. The zero-order chi connectivity index (χ0) is 20.6. The SMILES string of the molecule is CCOC(=O)[C@@H]1C=C(C)[C@@H](O[Si](C)(C)C(C)(C)C)[C@H]2OC/C(=C\C=O)[C@]21O. The quantitative estimate of drug-likeness (QED) is 0.253. The summed E-state index contributed by atoms with van der Waals surface area (Å²) in [4.78, 5) is 23.6. The standard InChI is InChI=1S/C20H32O6Si/c1-8-24-18(22)15-11-13(2)16(26-27(6,7)19(3,4)5)17-20(15,23)14(9-10-21)12-25-17/h9-11,15-17,23H,8,12H2,1-7H3/b14-9+/t15-,16+,17+,20+/m0/s1. The van der Waals surface area contributed by atoms with Gasteiger partial charge in [-0.25, -0.2) is 0 Å². The van der Waals surface area contributed by atoms with Crippen LogP contribution in [0, 0.1) is 5.92 Å². The first-order valence-electron chi connectivity index (χ1n) is 9.41. The molecule has 0 unspecified atom stereocenters. The highest BCUT2D eigenvalue weighted by Crippen LogP contribution is 2.48. The Morgan fingerprint density at radius 1 is 1.44 bits per heavy atom. The Hall–Kier alpha value is -1.28. The van der Waals surface area contributed by atoms with Crippen LogP contribution in [0.25, 0.3) is 0 Å². The summed E-state index contributed by atoms with van der Waals surface area (Å²) in [5.74, 6) is -1.46. The highest BCUT2D eigenvalue weighted by Gasteiger charge is 2.61. The number of hydrogen-bond donors (Lipinski definition) is 1. The van der Waals surface area contributed by atoms with Crippen LogP contribution in [0.5, 0.6) is 0 Å². The molecule has 6 nitrogen and oxygen atoms in total. The lowest BCUT2D eigenvalue weighted by atomic mass is 9.71. The minimum Gasteiger partial charge on any atom is -0.465 e. The molecule has 0 radical (unpaired) electrons. The summed E-state index contributed by atoms with van der Waals surface area (Å²) < 4.78 is 17.6. The first-order chi connectivity index (χ1) is 12.4. The van der Waals surface area contributed by atoms with Crippen molar-refractivity contribution in [2.24, 2.45) is 5.92 Å². The molecule has 27 heavy (non-hydrogen) atoms. The number of ether oxygens (including phenoxy) is 2. The smallest absolute Gasteiger partial charge is 0.316 e. The second-order valence-electron chi connectivity index (χ2n) is 8.82. The summed E-state index contributed by atoms with van der Waals surface area (Å²) in [7, 11) is -2.17. The van der Waals surface area contributed by atoms with E-state index >= 15 is 0 Å². The molecular weight excluding hydrogens is 364 g/mol. The van der Waals surface area contributed by atoms with Crippen molar-refractivity contribution < 1.29 is 28.6 Å². The second-order valence-corrected chi connectivity index (χ2v) is 13.6. The van der Waals surface area contributed by atoms with E-state index in [0.717, 1.165) is 5.57 Å². The predicted molar refractivity (Wildman–Crippen MR) is 105 cm³/mol. The number of carbonyl (C=O) groups excluding carboxylic acids is 2. The zero-order valence-corrected chi connectivity index (χ0v) is 18.4. The average Bonchev–Trinajstić information content (AvgIpc) is 2.87. The van der Waals surface area contributed by atoms with Crippen LogP contribution >= 0.6 is 0 Å². The summed E-state index contributed by atoms with van der Waals surface area (Å²) >= 11 is 0. The van der Waals surface area contributed by atoms with Gasteiger partial charge in [-0.2, -0.15) is 0 Å². The molecule has 152 valence electrons. The number of aliphatic hydroxyl groups is 1. The van der Waals surface area contributed by atoms with E-state index in [4.69, 9.17) is 13.9 Å². The van der Waals surface area contributed by atoms with E-state index in [1.165, 1.54) is 6.08 Å². The van der Waals surface area contributed by atoms with Crippen LogP contribution in [0.2, 0.25) is 18.1 Å². The molecule has 4 atom stereocenters. The maximum Gasteiger partial charge on any atom is 0.316 e. The lowest BCUT2D eigenvalue weighted by Gasteiger charge is -2.47. The first-order valence-corrected chi connectivity index (χ1v) is 12.3. The molecule has 1 N–H and O–H groups in total. The average molecular weight is 397 g/mol. The minimum absolute atomic E-state index is 0.0243. The number of aldehydes is 1. The largest absolute Gasteiger partial charge is 0.465 e. The van der Waals surface area contributed by atoms with Crippen molar-refractivity contribution in [3.63, 3.8) is 0 Å². The molecule has 2 rings (SSSR count). The van der Waals surface area contributed by atoms with Crippen molar-refractivity contribution in [2.75, 3.05) is 13.2 Å². The fourth-order valence-corrected chi connectivity index (χ4v) is 4.71. The van der Waals surface area contributed by atoms with Gasteiger partial charge in [0.2, 0.25) is 0 Å². The molecule has 0 amide bonds. The Balaban J connectivity index is 2.52. The lowest BCUT2D eigenvalue weighted by Crippen LogP contribution is -2.60. The van der Waals surface area contributed by atoms with Gasteiger partial charge in [0.25, 0.3) is 0 Å². The fourth-order valence-electron chi connectivity index (χ4n) is 3.42. The zero-order valence-electron chi connectivity index (χ0n) is 17.4. The summed E-state index contributed by atoms with van der Waals surface area (Å²) in [6.07, 6.45) is 2.34. The molecule has 0 aromatic rings. The summed E-state index contributed by atoms with van der Waals surface area (Å²) in [6.45, 7) is 14.6. The third kappa shape index (κ3) is 3.83. The maximum atomic E-state index is 12.6. The molecule has 0 saturated carbocycles. The van der Waals surface area contributed by atoms with E-state index in [0.29, 0.717) is 11.9 Å². The Morgan fingerprint density at radius 3 is 2.59 bits per heavy atom. The molecule has 0 aromatic carbocycles. The summed E-state index contributed by atoms with van der Waals surface area (Å²) in [6, 6.07) is 0. The molecule has 2 aliphatic rings.